The molecule has 6 rings (SSSR count). The van der Waals surface area contributed by atoms with Crippen LogP contribution in [0.5, 0.6) is 17.2 Å². The van der Waals surface area contributed by atoms with Crippen LogP contribution >= 0.6 is 11.6 Å². The SMILES string of the molecule is Cc1ccc(S(=O)(=O)Nc2ccc(C(=O)O)c(OC(=O)c3ccc(NS(=O)(=O)c4ccc(Cl)c(C(F)(F)F)c4)cc3OC(=O)c3ccc(NS(=O)(=O)c4ccc(F)c(F)c4)cc3O)c2)cc1C. The number of anilines is 3. The number of rotatable bonds is 14. The number of sulfonamides is 3. The van der Waals surface area contributed by atoms with Gasteiger partial charge in [-0.3, -0.25) is 14.2 Å². The molecule has 0 spiro atoms. The van der Waals surface area contributed by atoms with Gasteiger partial charge in [0.1, 0.15) is 33.9 Å². The van der Waals surface area contributed by atoms with Gasteiger partial charge in [0.05, 0.1) is 42.3 Å². The molecule has 0 aromatic heterocycles. The summed E-state index contributed by atoms with van der Waals surface area (Å²) in [5.41, 5.74) is -3.54. The molecule has 0 amide bonds. The summed E-state index contributed by atoms with van der Waals surface area (Å²) < 4.78 is 163. The predicted octanol–water partition coefficient (Wildman–Crippen LogP) is 8.50. The van der Waals surface area contributed by atoms with E-state index in [-0.39, 0.29) is 16.6 Å². The Morgan fingerprint density at radius 3 is 1.51 bits per heavy atom. The Labute approximate surface area is 381 Å². The van der Waals surface area contributed by atoms with Crippen LogP contribution in [0.4, 0.5) is 39.0 Å². The minimum absolute atomic E-state index is 0.167. The van der Waals surface area contributed by atoms with Gasteiger partial charge in [-0.1, -0.05) is 17.7 Å². The van der Waals surface area contributed by atoms with Gasteiger partial charge in [0.15, 0.2) is 11.6 Å². The number of hydrogen-bond acceptors (Lipinski definition) is 12. The number of hydrogen-bond donors (Lipinski definition) is 5. The number of esters is 2. The average molecular weight is 1010 g/mol. The molecular formula is C42H29ClF5N3O13S3. The van der Waals surface area contributed by atoms with Gasteiger partial charge in [0, 0.05) is 18.2 Å². The van der Waals surface area contributed by atoms with E-state index in [0.29, 0.717) is 35.9 Å². The number of alkyl halides is 3. The van der Waals surface area contributed by atoms with Crippen molar-refractivity contribution in [3.63, 3.8) is 0 Å². The lowest BCUT2D eigenvalue weighted by Crippen LogP contribution is -2.18. The standard InChI is InChI=1S/C42H29ClF5N3O13S3/c1-21-3-7-26(15-22(21)2)65(57,58)50-24-5-11-30(39(53)54)37(17-24)63-41(56)31-12-6-25(51-66(59,60)27-8-13-33(43)32(19-27)42(46,47)48)18-38(31)64-40(55)29-10-4-23(16-36(29)52)49-67(61,62)28-9-14-34(44)35(45)20-28/h3-20,49-52H,1-2H3,(H,53,54). The van der Waals surface area contributed by atoms with Crippen molar-refractivity contribution >= 4 is 76.6 Å². The van der Waals surface area contributed by atoms with E-state index in [2.05, 4.69) is 4.72 Å². The highest BCUT2D eigenvalue weighted by atomic mass is 35.5. The first-order valence-corrected chi connectivity index (χ1v) is 23.2. The van der Waals surface area contributed by atoms with Gasteiger partial charge in [-0.25, -0.2) is 48.4 Å². The van der Waals surface area contributed by atoms with Crippen LogP contribution in [-0.2, 0) is 36.2 Å². The van der Waals surface area contributed by atoms with Gasteiger partial charge in [-0.05, 0) is 110 Å². The molecule has 0 aliphatic carbocycles. The third-order valence-corrected chi connectivity index (χ3v) is 13.8. The molecule has 25 heteroatoms. The van der Waals surface area contributed by atoms with Crippen LogP contribution in [0.15, 0.2) is 124 Å². The number of halogens is 6. The number of carbonyl (C=O) groups is 3. The van der Waals surface area contributed by atoms with Crippen LogP contribution < -0.4 is 23.6 Å². The van der Waals surface area contributed by atoms with Crippen molar-refractivity contribution in [1.29, 1.82) is 0 Å². The average Bonchev–Trinajstić information content (AvgIpc) is 3.22. The number of aromatic hydroxyl groups is 1. The smallest absolute Gasteiger partial charge is 0.417 e. The second kappa shape index (κ2) is 18.5. The maximum absolute atomic E-state index is 13.8. The van der Waals surface area contributed by atoms with Gasteiger partial charge in [0.25, 0.3) is 30.1 Å². The topological polar surface area (TPSA) is 249 Å². The molecule has 67 heavy (non-hydrogen) atoms. The van der Waals surface area contributed by atoms with Crippen molar-refractivity contribution in [2.75, 3.05) is 14.2 Å². The quantitative estimate of drug-likeness (QED) is 0.0391. The van der Waals surface area contributed by atoms with Crippen LogP contribution in [-0.4, -0.2) is 53.4 Å². The number of benzene rings is 6. The first kappa shape index (κ1) is 49.2. The first-order valence-electron chi connectivity index (χ1n) is 18.4. The molecule has 0 atom stereocenters. The highest BCUT2D eigenvalue weighted by Gasteiger charge is 2.35. The third kappa shape index (κ3) is 11.2. The van der Waals surface area contributed by atoms with Crippen molar-refractivity contribution in [3.05, 3.63) is 159 Å². The number of nitrogens with one attached hydrogen (secondary N) is 3. The van der Waals surface area contributed by atoms with Crippen LogP contribution in [0.3, 0.4) is 0 Å². The number of aromatic carboxylic acids is 1. The molecule has 350 valence electrons. The Balaban J connectivity index is 1.35. The Kier molecular flexibility index (Phi) is 13.6. The molecule has 0 aliphatic heterocycles. The summed E-state index contributed by atoms with van der Waals surface area (Å²) in [5.74, 6) is -10.2. The summed E-state index contributed by atoms with van der Waals surface area (Å²) in [4.78, 5) is 37.8. The minimum Gasteiger partial charge on any atom is -0.507 e. The summed E-state index contributed by atoms with van der Waals surface area (Å²) >= 11 is 5.64. The Morgan fingerprint density at radius 1 is 0.552 bits per heavy atom. The van der Waals surface area contributed by atoms with E-state index in [1.165, 1.54) is 12.1 Å². The molecule has 0 saturated carbocycles. The van der Waals surface area contributed by atoms with E-state index in [0.717, 1.165) is 60.2 Å². The summed E-state index contributed by atoms with van der Waals surface area (Å²) in [6.45, 7) is 3.42. The zero-order valence-electron chi connectivity index (χ0n) is 33.8. The third-order valence-electron chi connectivity index (χ3n) is 9.34. The molecule has 6 aromatic rings. The maximum Gasteiger partial charge on any atom is 0.417 e. The number of aryl methyl sites for hydroxylation is 2. The Bertz CT molecular complexity index is 3370. The lowest BCUT2D eigenvalue weighted by Gasteiger charge is -2.16. The second-order valence-corrected chi connectivity index (χ2v) is 19.5. The fraction of sp³-hybridized carbons (Fsp3) is 0.0714. The Hall–Kier alpha value is -7.28. The summed E-state index contributed by atoms with van der Waals surface area (Å²) in [6.07, 6.45) is -5.08. The number of carbonyl (C=O) groups excluding carboxylic acids is 2. The molecular weight excluding hydrogens is 981 g/mol. The summed E-state index contributed by atoms with van der Waals surface area (Å²) in [5, 5.41) is 19.8. The zero-order valence-corrected chi connectivity index (χ0v) is 37.0. The van der Waals surface area contributed by atoms with E-state index in [1.54, 1.807) is 19.9 Å². The molecule has 0 saturated heterocycles. The van der Waals surface area contributed by atoms with Crippen LogP contribution in [0.25, 0.3) is 0 Å². The van der Waals surface area contributed by atoms with Gasteiger partial charge in [-0.15, -0.1) is 0 Å². The van der Waals surface area contributed by atoms with Gasteiger partial charge >= 0.3 is 24.1 Å². The van der Waals surface area contributed by atoms with Crippen LogP contribution in [0, 0.1) is 25.5 Å². The van der Waals surface area contributed by atoms with E-state index in [1.807, 2.05) is 9.44 Å². The molecule has 0 radical (unpaired) electrons. The predicted molar refractivity (Wildman–Crippen MR) is 229 cm³/mol. The van der Waals surface area contributed by atoms with Crippen LogP contribution in [0.1, 0.15) is 47.8 Å². The van der Waals surface area contributed by atoms with Gasteiger partial charge in [0.2, 0.25) is 0 Å². The molecule has 0 heterocycles. The van der Waals surface area contributed by atoms with E-state index in [4.69, 9.17) is 21.1 Å². The minimum atomic E-state index is -5.08. The fourth-order valence-corrected chi connectivity index (χ4v) is 9.31. The number of ether oxygens (including phenoxy) is 2. The molecule has 0 unspecified atom stereocenters. The lowest BCUT2D eigenvalue weighted by atomic mass is 10.1. The van der Waals surface area contributed by atoms with Crippen molar-refractivity contribution in [3.8, 4) is 17.2 Å². The molecule has 5 N–H and O–H groups in total. The zero-order chi connectivity index (χ0) is 49.4. The van der Waals surface area contributed by atoms with Gasteiger partial charge in [-0.2, -0.15) is 13.2 Å². The Morgan fingerprint density at radius 2 is 1.00 bits per heavy atom. The molecule has 0 fully saturated rings. The second-order valence-electron chi connectivity index (χ2n) is 14.0. The van der Waals surface area contributed by atoms with Crippen molar-refractivity contribution in [2.24, 2.45) is 0 Å². The monoisotopic (exact) mass is 1010 g/mol. The summed E-state index contributed by atoms with van der Waals surface area (Å²) in [6, 6.07) is 15.1. The number of phenols is 1. The lowest BCUT2D eigenvalue weighted by molar-refractivity contribution is -0.137. The first-order chi connectivity index (χ1) is 31.1. The van der Waals surface area contributed by atoms with E-state index >= 15 is 0 Å². The fourth-order valence-electron chi connectivity index (χ4n) is 5.82. The van der Waals surface area contributed by atoms with Crippen molar-refractivity contribution in [1.82, 2.24) is 0 Å². The molecule has 16 nitrogen and oxygen atoms in total. The van der Waals surface area contributed by atoms with Crippen molar-refractivity contribution < 1.29 is 81.3 Å². The molecule has 0 bridgehead atoms. The molecule has 0 aliphatic rings. The van der Waals surface area contributed by atoms with E-state index < -0.39 is 131 Å². The number of carboxylic acids is 1. The molecule has 6 aromatic carbocycles. The maximum atomic E-state index is 13.8. The number of phenolic OH excluding ortho intramolecular Hbond substituents is 1. The highest BCUT2D eigenvalue weighted by Crippen LogP contribution is 2.37. The van der Waals surface area contributed by atoms with Crippen LogP contribution in [0.2, 0.25) is 5.02 Å². The highest BCUT2D eigenvalue weighted by molar-refractivity contribution is 7.93. The largest absolute Gasteiger partial charge is 0.507 e. The normalized spacial score (nSPS) is 11.9. The van der Waals surface area contributed by atoms with E-state index in [9.17, 15) is 71.8 Å². The van der Waals surface area contributed by atoms with Gasteiger partial charge < -0.3 is 19.7 Å². The van der Waals surface area contributed by atoms with Crippen molar-refractivity contribution in [2.45, 2.75) is 34.7 Å². The number of carboxylic acid groups (broad SMARTS) is 1. The summed E-state index contributed by atoms with van der Waals surface area (Å²) in [7, 11) is -13.8.